The number of benzene rings is 2. The van der Waals surface area contributed by atoms with Crippen LogP contribution < -0.4 is 10.4 Å². The second-order valence-corrected chi connectivity index (χ2v) is 18.9. The van der Waals surface area contributed by atoms with E-state index < -0.39 is 16.1 Å². The van der Waals surface area contributed by atoms with Gasteiger partial charge in [-0.1, -0.05) is 123 Å². The van der Waals surface area contributed by atoms with Crippen LogP contribution in [0.25, 0.3) is 0 Å². The van der Waals surface area contributed by atoms with E-state index in [-0.39, 0.29) is 0 Å². The minimum Gasteiger partial charge on any atom is -0.290 e. The summed E-state index contributed by atoms with van der Waals surface area (Å²) < 4.78 is 0. The van der Waals surface area contributed by atoms with Crippen molar-refractivity contribution >= 4 is 32.3 Å². The van der Waals surface area contributed by atoms with E-state index in [9.17, 15) is 4.79 Å². The van der Waals surface area contributed by atoms with Gasteiger partial charge in [-0.3, -0.25) is 4.79 Å². The lowest BCUT2D eigenvalue weighted by Gasteiger charge is -2.33. The smallest absolute Gasteiger partial charge is 0.181 e. The Morgan fingerprint density at radius 1 is 0.667 bits per heavy atom. The van der Waals surface area contributed by atoms with Gasteiger partial charge in [-0.15, -0.1) is 13.2 Å². The normalized spacial score (nSPS) is 17.2. The number of unbranched alkanes of at least 4 members (excludes halogenated alkanes) is 2. The average molecular weight is 513 g/mol. The summed E-state index contributed by atoms with van der Waals surface area (Å²) in [4.78, 5) is 14.7. The number of carbonyl (C=O) groups is 1. The zero-order valence-corrected chi connectivity index (χ0v) is 24.9. The molecule has 2 aromatic carbocycles. The molecular formula is C33H44OSi2. The van der Waals surface area contributed by atoms with Crippen LogP contribution in [0.15, 0.2) is 108 Å². The highest BCUT2D eigenvalue weighted by Crippen LogP contribution is 2.45. The molecule has 0 N–H and O–H groups in total. The van der Waals surface area contributed by atoms with Crippen molar-refractivity contribution in [2.45, 2.75) is 77.6 Å². The van der Waals surface area contributed by atoms with Gasteiger partial charge in [0.05, 0.1) is 0 Å². The van der Waals surface area contributed by atoms with Gasteiger partial charge in [-0.05, 0) is 59.3 Å². The van der Waals surface area contributed by atoms with E-state index in [0.29, 0.717) is 5.78 Å². The predicted molar refractivity (Wildman–Crippen MR) is 164 cm³/mol. The van der Waals surface area contributed by atoms with E-state index in [1.165, 1.54) is 26.3 Å². The van der Waals surface area contributed by atoms with Crippen LogP contribution in [-0.2, 0) is 4.79 Å². The Kier molecular flexibility index (Phi) is 9.87. The van der Waals surface area contributed by atoms with E-state index in [2.05, 4.69) is 113 Å². The van der Waals surface area contributed by atoms with Gasteiger partial charge in [0.25, 0.3) is 0 Å². The fourth-order valence-corrected chi connectivity index (χ4v) is 14.1. The molecule has 0 aromatic heterocycles. The first kappa shape index (κ1) is 28.1. The Morgan fingerprint density at radius 2 is 1.08 bits per heavy atom. The molecule has 0 bridgehead atoms. The van der Waals surface area contributed by atoms with Crippen LogP contribution in [-0.4, -0.2) is 21.9 Å². The lowest BCUT2D eigenvalue weighted by atomic mass is 10.1. The van der Waals surface area contributed by atoms with Gasteiger partial charge in [0.2, 0.25) is 0 Å². The summed E-state index contributed by atoms with van der Waals surface area (Å²) in [7, 11) is -4.55. The minimum absolute atomic E-state index is 0.350. The van der Waals surface area contributed by atoms with Crippen LogP contribution in [0.2, 0.25) is 25.2 Å². The lowest BCUT2D eigenvalue weighted by molar-refractivity contribution is -0.111. The number of rotatable bonds is 14. The predicted octanol–water partition coefficient (Wildman–Crippen LogP) is 7.96. The van der Waals surface area contributed by atoms with Gasteiger partial charge in [0.15, 0.2) is 5.78 Å². The quantitative estimate of drug-likeness (QED) is 0.185. The Morgan fingerprint density at radius 3 is 1.50 bits per heavy atom. The van der Waals surface area contributed by atoms with Crippen molar-refractivity contribution in [2.24, 2.45) is 0 Å². The van der Waals surface area contributed by atoms with Gasteiger partial charge in [-0.2, -0.15) is 0 Å². The monoisotopic (exact) mass is 512 g/mol. The molecule has 190 valence electrons. The van der Waals surface area contributed by atoms with Crippen molar-refractivity contribution in [2.75, 3.05) is 0 Å². The standard InChI is InChI=1S/C33H44OSi2/c1-7-11-23-29-31(34)33(36(6,26-10-4)28-21-17-14-18-22-28)30(24-12-8-2)32(29)35(5,25-9-3)27-19-15-13-16-20-27/h9-10,13-22H,3-4,7-8,11-12,23-26H2,1-2,5-6H3. The van der Waals surface area contributed by atoms with Crippen molar-refractivity contribution in [3.8, 4) is 0 Å². The Labute approximate surface area is 221 Å². The van der Waals surface area contributed by atoms with Crippen molar-refractivity contribution in [1.29, 1.82) is 0 Å². The van der Waals surface area contributed by atoms with Crippen molar-refractivity contribution < 1.29 is 4.79 Å². The molecule has 0 spiro atoms. The molecular weight excluding hydrogens is 469 g/mol. The molecule has 2 unspecified atom stereocenters. The van der Waals surface area contributed by atoms with Crippen LogP contribution in [0.5, 0.6) is 0 Å². The average Bonchev–Trinajstić information content (AvgIpc) is 3.19. The molecule has 0 heterocycles. The van der Waals surface area contributed by atoms with Crippen LogP contribution >= 0.6 is 0 Å². The summed E-state index contributed by atoms with van der Waals surface area (Å²) in [5.74, 6) is 0.350. The van der Waals surface area contributed by atoms with E-state index in [1.54, 1.807) is 0 Å². The third kappa shape index (κ3) is 5.43. The maximum absolute atomic E-state index is 14.7. The summed E-state index contributed by atoms with van der Waals surface area (Å²) in [6.07, 6.45) is 10.4. The summed E-state index contributed by atoms with van der Waals surface area (Å²) in [6.45, 7) is 17.7. The van der Waals surface area contributed by atoms with E-state index >= 15 is 0 Å². The molecule has 1 aliphatic rings. The molecule has 1 nitrogen and oxygen atoms in total. The first-order valence-electron chi connectivity index (χ1n) is 13.7. The maximum atomic E-state index is 14.7. The Balaban J connectivity index is 2.39. The van der Waals surface area contributed by atoms with Crippen LogP contribution in [0.4, 0.5) is 0 Å². The minimum atomic E-state index is -2.33. The SMILES string of the molecule is C=CC[Si](C)(C1=C(CCCC)C([Si](C)(CC=C)c2ccccc2)=C(CCCC)C1=O)c1ccccc1. The van der Waals surface area contributed by atoms with Crippen molar-refractivity contribution in [3.05, 3.63) is 108 Å². The third-order valence-electron chi connectivity index (χ3n) is 8.00. The fourth-order valence-electron chi connectivity index (χ4n) is 6.07. The maximum Gasteiger partial charge on any atom is 0.181 e. The van der Waals surface area contributed by atoms with Gasteiger partial charge in [0.1, 0.15) is 16.1 Å². The van der Waals surface area contributed by atoms with E-state index in [0.717, 1.165) is 56.2 Å². The lowest BCUT2D eigenvalue weighted by Crippen LogP contribution is -2.49. The Hall–Kier alpha value is -2.50. The van der Waals surface area contributed by atoms with Crippen molar-refractivity contribution in [1.82, 2.24) is 0 Å². The second kappa shape index (κ2) is 12.6. The summed E-state index contributed by atoms with van der Waals surface area (Å²) in [6, 6.07) is 23.6. The third-order valence-corrected chi connectivity index (χ3v) is 16.8. The van der Waals surface area contributed by atoms with Crippen LogP contribution in [0.3, 0.4) is 0 Å². The van der Waals surface area contributed by atoms with Gasteiger partial charge in [0, 0.05) is 0 Å². The molecule has 0 saturated carbocycles. The molecule has 1 aliphatic carbocycles. The molecule has 2 aromatic rings. The molecule has 0 fully saturated rings. The number of hydrogen-bond donors (Lipinski definition) is 0. The number of Topliss-reactive ketones (excluding diaryl/α,β-unsaturated/α-hetero) is 1. The summed E-state index contributed by atoms with van der Waals surface area (Å²) >= 11 is 0. The Bertz CT molecular complexity index is 1130. The van der Waals surface area contributed by atoms with Crippen LogP contribution in [0.1, 0.15) is 52.4 Å². The second-order valence-electron chi connectivity index (χ2n) is 10.6. The van der Waals surface area contributed by atoms with Crippen molar-refractivity contribution in [3.63, 3.8) is 0 Å². The molecule has 3 rings (SSSR count). The van der Waals surface area contributed by atoms with Gasteiger partial charge in [-0.25, -0.2) is 0 Å². The molecule has 36 heavy (non-hydrogen) atoms. The van der Waals surface area contributed by atoms with E-state index in [1.807, 2.05) is 0 Å². The largest absolute Gasteiger partial charge is 0.290 e. The molecule has 2 atom stereocenters. The number of hydrogen-bond acceptors (Lipinski definition) is 1. The van der Waals surface area contributed by atoms with Crippen LogP contribution in [0, 0.1) is 0 Å². The first-order chi connectivity index (χ1) is 17.4. The first-order valence-corrected chi connectivity index (χ1v) is 19.2. The zero-order valence-electron chi connectivity index (χ0n) is 22.9. The number of carbonyl (C=O) groups excluding carboxylic acids is 1. The molecule has 0 amide bonds. The van der Waals surface area contributed by atoms with Gasteiger partial charge >= 0.3 is 0 Å². The zero-order chi connectivity index (χ0) is 26.2. The topological polar surface area (TPSA) is 17.1 Å². The highest BCUT2D eigenvalue weighted by atomic mass is 28.3. The highest BCUT2D eigenvalue weighted by Gasteiger charge is 2.48. The van der Waals surface area contributed by atoms with E-state index in [4.69, 9.17) is 0 Å². The highest BCUT2D eigenvalue weighted by molar-refractivity contribution is 7.03. The summed E-state index contributed by atoms with van der Waals surface area (Å²) in [5, 5.41) is 5.35. The van der Waals surface area contributed by atoms with Gasteiger partial charge < -0.3 is 0 Å². The number of ketones is 1. The molecule has 0 aliphatic heterocycles. The number of allylic oxidation sites excluding steroid dienone is 6. The summed E-state index contributed by atoms with van der Waals surface area (Å²) in [5.41, 5.74) is 2.52. The fraction of sp³-hybridized carbons (Fsp3) is 0.364. The molecule has 3 heteroatoms. The molecule has 0 radical (unpaired) electrons. The molecule has 0 saturated heterocycles.